The van der Waals surface area contributed by atoms with Crippen molar-refractivity contribution in [2.45, 2.75) is 13.0 Å². The minimum Gasteiger partial charge on any atom is -0.481 e. The quantitative estimate of drug-likeness (QED) is 0.887. The maximum absolute atomic E-state index is 13.5. The molecule has 0 saturated carbocycles. The molecule has 0 aliphatic carbocycles. The Morgan fingerprint density at radius 2 is 2.14 bits per heavy atom. The summed E-state index contributed by atoms with van der Waals surface area (Å²) in [6.07, 6.45) is 0. The van der Waals surface area contributed by atoms with Crippen molar-refractivity contribution in [2.75, 3.05) is 25.1 Å². The maximum Gasteiger partial charge on any atom is 0.322 e. The molecule has 1 aliphatic heterocycles. The van der Waals surface area contributed by atoms with Crippen LogP contribution in [0.4, 0.5) is 14.9 Å². The van der Waals surface area contributed by atoms with Crippen molar-refractivity contribution in [3.05, 3.63) is 30.1 Å². The minimum absolute atomic E-state index is 0.0618. The van der Waals surface area contributed by atoms with Gasteiger partial charge in [-0.3, -0.25) is 4.79 Å². The number of benzene rings is 1. The van der Waals surface area contributed by atoms with Gasteiger partial charge in [0, 0.05) is 6.54 Å². The zero-order valence-corrected chi connectivity index (χ0v) is 11.6. The number of rotatable bonds is 4. The van der Waals surface area contributed by atoms with Crippen LogP contribution >= 0.6 is 0 Å². The first kappa shape index (κ1) is 15.2. The molecule has 1 saturated heterocycles. The van der Waals surface area contributed by atoms with E-state index in [1.807, 2.05) is 0 Å². The number of ether oxygens (including phenoxy) is 1. The van der Waals surface area contributed by atoms with Gasteiger partial charge in [0.1, 0.15) is 11.7 Å². The molecular formula is C14H17FN2O4. The maximum atomic E-state index is 13.5. The van der Waals surface area contributed by atoms with E-state index in [2.05, 4.69) is 5.32 Å². The van der Waals surface area contributed by atoms with Gasteiger partial charge in [0.25, 0.3) is 0 Å². The average Bonchev–Trinajstić information content (AvgIpc) is 2.91. The molecule has 2 rings (SSSR count). The molecule has 114 valence electrons. The van der Waals surface area contributed by atoms with Crippen LogP contribution in [0.3, 0.4) is 0 Å². The number of carbonyl (C=O) groups is 2. The summed E-state index contributed by atoms with van der Waals surface area (Å²) in [4.78, 5) is 24.8. The lowest BCUT2D eigenvalue weighted by atomic mass is 10.0. The van der Waals surface area contributed by atoms with E-state index in [0.29, 0.717) is 6.54 Å². The Bertz CT molecular complexity index is 537. The van der Waals surface area contributed by atoms with Gasteiger partial charge < -0.3 is 20.1 Å². The predicted molar refractivity (Wildman–Crippen MR) is 73.5 cm³/mol. The highest BCUT2D eigenvalue weighted by atomic mass is 19.1. The van der Waals surface area contributed by atoms with Crippen LogP contribution in [-0.2, 0) is 9.53 Å². The molecule has 2 N–H and O–H groups in total. The Kier molecular flexibility index (Phi) is 4.74. The number of carboxylic acids is 1. The second kappa shape index (κ2) is 6.53. The first-order valence-electron chi connectivity index (χ1n) is 6.67. The summed E-state index contributed by atoms with van der Waals surface area (Å²) in [5.74, 6) is -2.31. The number of amides is 2. The Balaban J connectivity index is 2.12. The SMILES string of the molecule is CCN(C(=O)Nc1ccccc1F)C1COCC1C(=O)O. The highest BCUT2D eigenvalue weighted by Gasteiger charge is 2.39. The van der Waals surface area contributed by atoms with Gasteiger partial charge in [0.15, 0.2) is 0 Å². The van der Waals surface area contributed by atoms with Crippen molar-refractivity contribution in [2.24, 2.45) is 5.92 Å². The molecule has 2 amide bonds. The van der Waals surface area contributed by atoms with Gasteiger partial charge >= 0.3 is 12.0 Å². The van der Waals surface area contributed by atoms with Gasteiger partial charge in [-0.15, -0.1) is 0 Å². The van der Waals surface area contributed by atoms with Crippen LogP contribution in [0.15, 0.2) is 24.3 Å². The summed E-state index contributed by atoms with van der Waals surface area (Å²) >= 11 is 0. The first-order valence-corrected chi connectivity index (χ1v) is 6.67. The van der Waals surface area contributed by atoms with Gasteiger partial charge in [0.2, 0.25) is 0 Å². The zero-order chi connectivity index (χ0) is 15.4. The number of anilines is 1. The molecule has 1 heterocycles. The number of nitrogens with one attached hydrogen (secondary N) is 1. The zero-order valence-electron chi connectivity index (χ0n) is 11.6. The van der Waals surface area contributed by atoms with Crippen LogP contribution < -0.4 is 5.32 Å². The van der Waals surface area contributed by atoms with Gasteiger partial charge in [-0.25, -0.2) is 9.18 Å². The van der Waals surface area contributed by atoms with Crippen molar-refractivity contribution >= 4 is 17.7 Å². The molecular weight excluding hydrogens is 279 g/mol. The summed E-state index contributed by atoms with van der Waals surface area (Å²) in [6.45, 7) is 2.27. The predicted octanol–water partition coefficient (Wildman–Crippen LogP) is 1.78. The smallest absolute Gasteiger partial charge is 0.322 e. The molecule has 2 atom stereocenters. The third kappa shape index (κ3) is 3.30. The van der Waals surface area contributed by atoms with E-state index in [-0.39, 0.29) is 18.9 Å². The van der Waals surface area contributed by atoms with Crippen LogP contribution in [0.1, 0.15) is 6.92 Å². The Hall–Kier alpha value is -2.15. The number of nitrogens with zero attached hydrogens (tertiary/aromatic N) is 1. The summed E-state index contributed by atoms with van der Waals surface area (Å²) in [7, 11) is 0. The number of hydrogen-bond acceptors (Lipinski definition) is 3. The molecule has 1 fully saturated rings. The van der Waals surface area contributed by atoms with Gasteiger partial charge in [0.05, 0.1) is 24.9 Å². The topological polar surface area (TPSA) is 78.9 Å². The van der Waals surface area contributed by atoms with Crippen molar-refractivity contribution in [1.29, 1.82) is 0 Å². The number of aliphatic carboxylic acids is 1. The van der Waals surface area contributed by atoms with Gasteiger partial charge in [-0.1, -0.05) is 12.1 Å². The monoisotopic (exact) mass is 296 g/mol. The highest BCUT2D eigenvalue weighted by molar-refractivity contribution is 5.90. The molecule has 0 radical (unpaired) electrons. The molecule has 0 aromatic heterocycles. The van der Waals surface area contributed by atoms with E-state index in [4.69, 9.17) is 9.84 Å². The fourth-order valence-electron chi connectivity index (χ4n) is 2.36. The van der Waals surface area contributed by atoms with E-state index in [0.717, 1.165) is 0 Å². The van der Waals surface area contributed by atoms with Gasteiger partial charge in [-0.2, -0.15) is 0 Å². The van der Waals surface area contributed by atoms with Crippen LogP contribution in [-0.4, -0.2) is 47.8 Å². The summed E-state index contributed by atoms with van der Waals surface area (Å²) in [6, 6.07) is 4.72. The Morgan fingerprint density at radius 1 is 1.43 bits per heavy atom. The number of para-hydroxylation sites is 1. The summed E-state index contributed by atoms with van der Waals surface area (Å²) in [5.41, 5.74) is 0.0618. The molecule has 6 nitrogen and oxygen atoms in total. The fraction of sp³-hybridized carbons (Fsp3) is 0.429. The molecule has 7 heteroatoms. The number of carbonyl (C=O) groups excluding carboxylic acids is 1. The number of carboxylic acid groups (broad SMARTS) is 1. The summed E-state index contributed by atoms with van der Waals surface area (Å²) in [5, 5.41) is 11.6. The van der Waals surface area contributed by atoms with Crippen LogP contribution in [0.25, 0.3) is 0 Å². The first-order chi connectivity index (χ1) is 10.0. The fourth-order valence-corrected chi connectivity index (χ4v) is 2.36. The minimum atomic E-state index is -1.00. The van der Waals surface area contributed by atoms with Crippen LogP contribution in [0.2, 0.25) is 0 Å². The number of halogens is 1. The standard InChI is InChI=1S/C14H17FN2O4/c1-2-17(12-8-21-7-9(12)13(18)19)14(20)16-11-6-4-3-5-10(11)15/h3-6,9,12H,2,7-8H2,1H3,(H,16,20)(H,18,19). The highest BCUT2D eigenvalue weighted by Crippen LogP contribution is 2.21. The molecule has 2 unspecified atom stereocenters. The molecule has 1 aromatic carbocycles. The number of likely N-dealkylation sites (N-methyl/N-ethyl adjacent to an activating group) is 1. The lowest BCUT2D eigenvalue weighted by molar-refractivity contribution is -0.142. The van der Waals surface area contributed by atoms with Crippen molar-refractivity contribution < 1.29 is 23.8 Å². The van der Waals surface area contributed by atoms with Crippen molar-refractivity contribution in [1.82, 2.24) is 4.90 Å². The lowest BCUT2D eigenvalue weighted by Crippen LogP contribution is -2.48. The number of urea groups is 1. The average molecular weight is 296 g/mol. The molecule has 0 bridgehead atoms. The Labute approximate surface area is 121 Å². The molecule has 1 aromatic rings. The van der Waals surface area contributed by atoms with Crippen LogP contribution in [0, 0.1) is 11.7 Å². The van der Waals surface area contributed by atoms with Crippen molar-refractivity contribution in [3.8, 4) is 0 Å². The van der Waals surface area contributed by atoms with E-state index in [1.165, 1.54) is 23.1 Å². The number of hydrogen-bond donors (Lipinski definition) is 2. The normalized spacial score (nSPS) is 21.0. The second-order valence-corrected chi connectivity index (χ2v) is 4.75. The summed E-state index contributed by atoms with van der Waals surface area (Å²) < 4.78 is 18.7. The molecule has 0 spiro atoms. The van der Waals surface area contributed by atoms with E-state index in [9.17, 15) is 14.0 Å². The van der Waals surface area contributed by atoms with Gasteiger partial charge in [-0.05, 0) is 19.1 Å². The molecule has 1 aliphatic rings. The van der Waals surface area contributed by atoms with E-state index < -0.39 is 29.8 Å². The third-order valence-electron chi connectivity index (χ3n) is 3.49. The van der Waals surface area contributed by atoms with E-state index >= 15 is 0 Å². The third-order valence-corrected chi connectivity index (χ3v) is 3.49. The Morgan fingerprint density at radius 3 is 2.76 bits per heavy atom. The largest absolute Gasteiger partial charge is 0.481 e. The lowest BCUT2D eigenvalue weighted by Gasteiger charge is -2.29. The molecule has 21 heavy (non-hydrogen) atoms. The second-order valence-electron chi connectivity index (χ2n) is 4.75. The van der Waals surface area contributed by atoms with Crippen LogP contribution in [0.5, 0.6) is 0 Å². The van der Waals surface area contributed by atoms with Crippen molar-refractivity contribution in [3.63, 3.8) is 0 Å². The van der Waals surface area contributed by atoms with E-state index in [1.54, 1.807) is 13.0 Å².